The summed E-state index contributed by atoms with van der Waals surface area (Å²) in [7, 11) is 6.40. The molecule has 2 aromatic carbocycles. The van der Waals surface area contributed by atoms with Gasteiger partial charge in [0.15, 0.2) is 0 Å². The van der Waals surface area contributed by atoms with Crippen LogP contribution in [0.4, 0.5) is 11.4 Å². The van der Waals surface area contributed by atoms with Crippen LogP contribution in [0.25, 0.3) is 0 Å². The van der Waals surface area contributed by atoms with Gasteiger partial charge in [-0.05, 0) is 71.1 Å². The first-order valence-corrected chi connectivity index (χ1v) is 14.6. The topological polar surface area (TPSA) is 69.5 Å². The fraction of sp³-hybridized carbons (Fsp3) is 0.613. The normalized spacial score (nSPS) is 23.6. The van der Waals surface area contributed by atoms with Crippen molar-refractivity contribution in [2.24, 2.45) is 5.73 Å². The zero-order chi connectivity index (χ0) is 27.5. The molecule has 214 valence electrons. The molecule has 6 rings (SSSR count). The number of benzene rings is 2. The minimum Gasteiger partial charge on any atom is -0.491 e. The van der Waals surface area contributed by atoms with Gasteiger partial charge in [0.25, 0.3) is 0 Å². The first-order chi connectivity index (χ1) is 18.8. The predicted molar refractivity (Wildman–Crippen MR) is 161 cm³/mol. The summed E-state index contributed by atoms with van der Waals surface area (Å²) in [6.45, 7) is 14.6. The summed E-state index contributed by atoms with van der Waals surface area (Å²) in [5.41, 5.74) is 13.9. The summed E-state index contributed by atoms with van der Waals surface area (Å²) in [5.74, 6) is 2.19. The molecule has 0 radical (unpaired) electrons. The van der Waals surface area contributed by atoms with Crippen molar-refractivity contribution < 1.29 is 9.47 Å². The largest absolute Gasteiger partial charge is 0.491 e. The SMILES string of the molecule is CN[C@H]1COc2c(C)ccc(N3CCN(C)CC3)c2C1.Cc1ccc(N2CCN(C)CC2)c2c1OC[C@H](N)C2. The van der Waals surface area contributed by atoms with Crippen LogP contribution in [0.15, 0.2) is 24.3 Å². The first-order valence-electron chi connectivity index (χ1n) is 14.6. The Morgan fingerprint density at radius 2 is 1.15 bits per heavy atom. The number of aryl methyl sites for hydroxylation is 2. The van der Waals surface area contributed by atoms with Gasteiger partial charge in [0, 0.05) is 86.9 Å². The van der Waals surface area contributed by atoms with E-state index in [1.54, 1.807) is 0 Å². The number of ether oxygens (including phenoxy) is 2. The third-order valence-corrected chi connectivity index (χ3v) is 8.75. The van der Waals surface area contributed by atoms with Gasteiger partial charge < -0.3 is 40.1 Å². The molecule has 0 aromatic heterocycles. The number of anilines is 2. The molecular formula is C31H48N6O2. The molecule has 39 heavy (non-hydrogen) atoms. The molecule has 2 fully saturated rings. The number of nitrogens with zero attached hydrogens (tertiary/aromatic N) is 4. The van der Waals surface area contributed by atoms with Gasteiger partial charge in [0.1, 0.15) is 24.7 Å². The minimum atomic E-state index is 0.125. The fourth-order valence-corrected chi connectivity index (χ4v) is 6.14. The van der Waals surface area contributed by atoms with Gasteiger partial charge in [-0.15, -0.1) is 0 Å². The van der Waals surface area contributed by atoms with Crippen LogP contribution in [0.5, 0.6) is 11.5 Å². The molecule has 8 heteroatoms. The zero-order valence-corrected chi connectivity index (χ0v) is 24.6. The molecule has 3 N–H and O–H groups in total. The second-order valence-electron chi connectivity index (χ2n) is 11.8. The molecule has 2 aromatic rings. The maximum atomic E-state index is 6.07. The maximum absolute atomic E-state index is 6.07. The van der Waals surface area contributed by atoms with E-state index in [0.29, 0.717) is 12.6 Å². The van der Waals surface area contributed by atoms with E-state index in [1.165, 1.54) is 33.6 Å². The van der Waals surface area contributed by atoms with Gasteiger partial charge in [0.2, 0.25) is 0 Å². The summed E-state index contributed by atoms with van der Waals surface area (Å²) in [4.78, 5) is 9.75. The third kappa shape index (κ3) is 6.30. The lowest BCUT2D eigenvalue weighted by molar-refractivity contribution is 0.243. The van der Waals surface area contributed by atoms with Gasteiger partial charge in [-0.3, -0.25) is 0 Å². The summed E-state index contributed by atoms with van der Waals surface area (Å²) in [5, 5.41) is 3.35. The molecule has 0 spiro atoms. The molecule has 0 saturated carbocycles. The lowest BCUT2D eigenvalue weighted by Crippen LogP contribution is -2.45. The van der Waals surface area contributed by atoms with Crippen molar-refractivity contribution >= 4 is 11.4 Å². The van der Waals surface area contributed by atoms with Crippen molar-refractivity contribution in [3.05, 3.63) is 46.5 Å². The number of piperazine rings is 2. The Morgan fingerprint density at radius 1 is 0.692 bits per heavy atom. The standard InChI is InChI=1S/C16H25N3O.C15H23N3O/c1-12-4-5-15(19-8-6-18(3)7-9-19)14-10-13(17-2)11-20-16(12)14;1-11-3-4-14(18-7-5-17(2)6-8-18)13-9-12(16)10-19-15(11)13/h4-5,13,17H,6-11H2,1-3H3;3-4,12H,5-10,16H2,1-2H3/t13-;12-/m11/s1. The van der Waals surface area contributed by atoms with Crippen LogP contribution in [-0.4, -0.2) is 109 Å². The van der Waals surface area contributed by atoms with Crippen LogP contribution in [0.2, 0.25) is 0 Å². The van der Waals surface area contributed by atoms with Crippen molar-refractivity contribution in [3.8, 4) is 11.5 Å². The predicted octanol–water partition coefficient (Wildman–Crippen LogP) is 2.28. The van der Waals surface area contributed by atoms with Crippen LogP contribution < -0.4 is 30.3 Å². The number of likely N-dealkylation sites (N-methyl/N-ethyl adjacent to an activating group) is 3. The van der Waals surface area contributed by atoms with Crippen molar-refractivity contribution in [3.63, 3.8) is 0 Å². The first kappa shape index (κ1) is 28.0. The number of nitrogens with two attached hydrogens (primary N) is 1. The van der Waals surface area contributed by atoms with Crippen LogP contribution in [0.1, 0.15) is 22.3 Å². The second kappa shape index (κ2) is 12.3. The van der Waals surface area contributed by atoms with Crippen molar-refractivity contribution in [1.82, 2.24) is 15.1 Å². The number of hydrogen-bond donors (Lipinski definition) is 2. The fourth-order valence-electron chi connectivity index (χ4n) is 6.14. The Labute approximate surface area is 235 Å². The Bertz CT molecular complexity index is 1120. The van der Waals surface area contributed by atoms with E-state index < -0.39 is 0 Å². The quantitative estimate of drug-likeness (QED) is 0.620. The molecule has 4 aliphatic heterocycles. The van der Waals surface area contributed by atoms with E-state index in [2.05, 4.69) is 77.1 Å². The molecule has 2 saturated heterocycles. The van der Waals surface area contributed by atoms with Gasteiger partial charge in [-0.2, -0.15) is 0 Å². The molecule has 2 atom stereocenters. The molecule has 4 heterocycles. The van der Waals surface area contributed by atoms with Crippen molar-refractivity contribution in [2.45, 2.75) is 38.8 Å². The maximum Gasteiger partial charge on any atom is 0.127 e. The highest BCUT2D eigenvalue weighted by atomic mass is 16.5. The van der Waals surface area contributed by atoms with Crippen molar-refractivity contribution in [2.75, 3.05) is 96.5 Å². The van der Waals surface area contributed by atoms with Gasteiger partial charge in [-0.25, -0.2) is 0 Å². The minimum absolute atomic E-state index is 0.125. The lowest BCUT2D eigenvalue weighted by atomic mass is 9.97. The average Bonchev–Trinajstić information content (AvgIpc) is 2.95. The number of nitrogens with one attached hydrogen (secondary N) is 1. The highest BCUT2D eigenvalue weighted by molar-refractivity contribution is 5.64. The molecule has 0 unspecified atom stereocenters. The zero-order valence-electron chi connectivity index (χ0n) is 24.6. The molecule has 8 nitrogen and oxygen atoms in total. The average molecular weight is 537 g/mol. The van der Waals surface area contributed by atoms with Crippen LogP contribution in [0, 0.1) is 13.8 Å². The Morgan fingerprint density at radius 3 is 1.64 bits per heavy atom. The molecular weight excluding hydrogens is 488 g/mol. The monoisotopic (exact) mass is 536 g/mol. The second-order valence-corrected chi connectivity index (χ2v) is 11.8. The summed E-state index contributed by atoms with van der Waals surface area (Å²) in [6, 6.07) is 9.44. The summed E-state index contributed by atoms with van der Waals surface area (Å²) >= 11 is 0. The Balaban J connectivity index is 0.000000158. The summed E-state index contributed by atoms with van der Waals surface area (Å²) in [6.07, 6.45) is 1.99. The lowest BCUT2D eigenvalue weighted by Gasteiger charge is -2.37. The van der Waals surface area contributed by atoms with E-state index in [4.69, 9.17) is 15.2 Å². The van der Waals surface area contributed by atoms with Gasteiger partial charge in [-0.1, -0.05) is 12.1 Å². The van der Waals surface area contributed by atoms with Crippen LogP contribution in [0.3, 0.4) is 0 Å². The third-order valence-electron chi connectivity index (χ3n) is 8.75. The van der Waals surface area contributed by atoms with Gasteiger partial charge >= 0.3 is 0 Å². The van der Waals surface area contributed by atoms with E-state index in [0.717, 1.165) is 83.3 Å². The highest BCUT2D eigenvalue weighted by Gasteiger charge is 2.27. The number of fused-ring (bicyclic) bond motifs is 2. The van der Waals surface area contributed by atoms with E-state index >= 15 is 0 Å². The van der Waals surface area contributed by atoms with Crippen LogP contribution >= 0.6 is 0 Å². The number of rotatable bonds is 3. The Hall–Kier alpha value is -2.52. The smallest absolute Gasteiger partial charge is 0.127 e. The number of hydrogen-bond acceptors (Lipinski definition) is 8. The summed E-state index contributed by atoms with van der Waals surface area (Å²) < 4.78 is 11.9. The van der Waals surface area contributed by atoms with Gasteiger partial charge in [0.05, 0.1) is 0 Å². The molecule has 0 amide bonds. The Kier molecular flexibility index (Phi) is 8.86. The van der Waals surface area contributed by atoms with Crippen LogP contribution in [-0.2, 0) is 12.8 Å². The van der Waals surface area contributed by atoms with E-state index in [9.17, 15) is 0 Å². The molecule has 4 aliphatic rings. The van der Waals surface area contributed by atoms with E-state index in [1.807, 2.05) is 7.05 Å². The molecule has 0 bridgehead atoms. The molecule has 0 aliphatic carbocycles. The highest BCUT2D eigenvalue weighted by Crippen LogP contribution is 2.37. The van der Waals surface area contributed by atoms with E-state index in [-0.39, 0.29) is 6.04 Å². The van der Waals surface area contributed by atoms with Crippen molar-refractivity contribution in [1.29, 1.82) is 0 Å².